The van der Waals surface area contributed by atoms with Crippen molar-refractivity contribution in [1.29, 1.82) is 0 Å². The number of pyridine rings is 1. The van der Waals surface area contributed by atoms with Crippen molar-refractivity contribution in [3.63, 3.8) is 0 Å². The number of hydrogen-bond acceptors (Lipinski definition) is 3. The minimum Gasteiger partial charge on any atom is -0.348 e. The Labute approximate surface area is 124 Å². The topological polar surface area (TPSA) is 49.6 Å². The van der Waals surface area contributed by atoms with Crippen LogP contribution in [0, 0.1) is 12.8 Å². The average molecular weight is 284 g/mol. The van der Waals surface area contributed by atoms with Crippen molar-refractivity contribution in [3.05, 3.63) is 35.8 Å². The van der Waals surface area contributed by atoms with E-state index in [4.69, 9.17) is 0 Å². The van der Waals surface area contributed by atoms with E-state index < -0.39 is 0 Å². The van der Waals surface area contributed by atoms with Crippen molar-refractivity contribution in [1.82, 2.24) is 19.6 Å². The molecule has 2 aliphatic heterocycles. The number of aryl methyl sites for hydroxylation is 1. The molecule has 0 spiro atoms. The van der Waals surface area contributed by atoms with Gasteiger partial charge in [-0.1, -0.05) is 0 Å². The maximum Gasteiger partial charge on any atom is 0.251 e. The second-order valence-corrected chi connectivity index (χ2v) is 6.38. The molecule has 110 valence electrons. The van der Waals surface area contributed by atoms with Crippen LogP contribution in [0.25, 0.3) is 5.65 Å². The van der Waals surface area contributed by atoms with Crippen LogP contribution in [-0.4, -0.2) is 45.9 Å². The highest BCUT2D eigenvalue weighted by molar-refractivity contribution is 5.95. The summed E-state index contributed by atoms with van der Waals surface area (Å²) < 4.78 is 1.94. The Morgan fingerprint density at radius 2 is 2.33 bits per heavy atom. The van der Waals surface area contributed by atoms with Crippen molar-refractivity contribution in [2.45, 2.75) is 25.8 Å². The van der Waals surface area contributed by atoms with Gasteiger partial charge in [-0.3, -0.25) is 4.79 Å². The first-order chi connectivity index (χ1) is 10.2. The van der Waals surface area contributed by atoms with Crippen LogP contribution in [-0.2, 0) is 0 Å². The third-order valence-corrected chi connectivity index (χ3v) is 4.64. The lowest BCUT2D eigenvalue weighted by Gasteiger charge is -2.30. The normalized spacial score (nSPS) is 28.0. The Bertz CT molecular complexity index is 681. The highest BCUT2D eigenvalue weighted by atomic mass is 16.1. The van der Waals surface area contributed by atoms with Crippen LogP contribution in [0.4, 0.5) is 0 Å². The zero-order chi connectivity index (χ0) is 14.4. The number of carbonyl (C=O) groups excluding carboxylic acids is 1. The molecule has 1 unspecified atom stereocenters. The fraction of sp³-hybridized carbons (Fsp3) is 0.500. The van der Waals surface area contributed by atoms with Crippen LogP contribution >= 0.6 is 0 Å². The molecule has 21 heavy (non-hydrogen) atoms. The molecule has 2 aromatic rings. The monoisotopic (exact) mass is 284 g/mol. The molecule has 2 aliphatic rings. The fourth-order valence-electron chi connectivity index (χ4n) is 3.68. The average Bonchev–Trinajstić information content (AvgIpc) is 2.99. The van der Waals surface area contributed by atoms with Gasteiger partial charge in [-0.15, -0.1) is 0 Å². The number of piperidine rings is 1. The largest absolute Gasteiger partial charge is 0.348 e. The third-order valence-electron chi connectivity index (χ3n) is 4.64. The minimum absolute atomic E-state index is 0.0191. The smallest absolute Gasteiger partial charge is 0.251 e. The molecule has 2 bridgehead atoms. The van der Waals surface area contributed by atoms with Gasteiger partial charge in [0.15, 0.2) is 0 Å². The summed E-state index contributed by atoms with van der Waals surface area (Å²) in [7, 11) is 0. The predicted molar refractivity (Wildman–Crippen MR) is 80.3 cm³/mol. The number of nitrogens with one attached hydrogen (secondary N) is 1. The fourth-order valence-corrected chi connectivity index (χ4v) is 3.68. The Morgan fingerprint density at radius 3 is 3.19 bits per heavy atom. The van der Waals surface area contributed by atoms with Crippen LogP contribution in [0.15, 0.2) is 24.5 Å². The Hall–Kier alpha value is -1.88. The molecule has 0 aromatic carbocycles. The molecular formula is C16H20N4O. The van der Waals surface area contributed by atoms with Crippen molar-refractivity contribution in [3.8, 4) is 0 Å². The molecule has 4 heterocycles. The zero-order valence-corrected chi connectivity index (χ0v) is 12.2. The van der Waals surface area contributed by atoms with Gasteiger partial charge in [-0.25, -0.2) is 4.98 Å². The molecule has 0 saturated carbocycles. The molecule has 2 saturated heterocycles. The Balaban J connectivity index is 1.50. The van der Waals surface area contributed by atoms with Gasteiger partial charge in [0.25, 0.3) is 5.91 Å². The highest BCUT2D eigenvalue weighted by Crippen LogP contribution is 2.26. The van der Waals surface area contributed by atoms with E-state index in [0.29, 0.717) is 5.56 Å². The van der Waals surface area contributed by atoms with E-state index in [0.717, 1.165) is 30.2 Å². The van der Waals surface area contributed by atoms with Gasteiger partial charge < -0.3 is 14.6 Å². The summed E-state index contributed by atoms with van der Waals surface area (Å²) in [6.45, 7) is 5.36. The number of hydrogen-bond donors (Lipinski definition) is 1. The molecule has 1 amide bonds. The summed E-state index contributed by atoms with van der Waals surface area (Å²) in [5.41, 5.74) is 2.48. The molecule has 2 fully saturated rings. The quantitative estimate of drug-likeness (QED) is 0.908. The minimum atomic E-state index is 0.0191. The van der Waals surface area contributed by atoms with Crippen LogP contribution in [0.3, 0.4) is 0 Å². The zero-order valence-electron chi connectivity index (χ0n) is 12.2. The first-order valence-electron chi connectivity index (χ1n) is 7.66. The summed E-state index contributed by atoms with van der Waals surface area (Å²) in [6.07, 6.45) is 6.26. The van der Waals surface area contributed by atoms with E-state index in [1.165, 1.54) is 19.5 Å². The number of nitrogens with zero attached hydrogens (tertiary/aromatic N) is 3. The molecule has 0 aliphatic carbocycles. The number of imidazole rings is 1. The highest BCUT2D eigenvalue weighted by Gasteiger charge is 2.32. The van der Waals surface area contributed by atoms with E-state index in [9.17, 15) is 4.79 Å². The number of amides is 1. The summed E-state index contributed by atoms with van der Waals surface area (Å²) >= 11 is 0. The second kappa shape index (κ2) is 4.84. The second-order valence-electron chi connectivity index (χ2n) is 6.38. The van der Waals surface area contributed by atoms with Gasteiger partial charge in [0.2, 0.25) is 0 Å². The number of fused-ring (bicyclic) bond motifs is 3. The van der Waals surface area contributed by atoms with Gasteiger partial charge in [0, 0.05) is 37.1 Å². The van der Waals surface area contributed by atoms with Gasteiger partial charge in [0.1, 0.15) is 5.65 Å². The van der Waals surface area contributed by atoms with E-state index in [1.54, 1.807) is 0 Å². The van der Waals surface area contributed by atoms with E-state index >= 15 is 0 Å². The third kappa shape index (κ3) is 2.42. The molecule has 0 radical (unpaired) electrons. The first kappa shape index (κ1) is 12.8. The van der Waals surface area contributed by atoms with Crippen molar-refractivity contribution in [2.24, 2.45) is 5.92 Å². The van der Waals surface area contributed by atoms with E-state index in [2.05, 4.69) is 15.2 Å². The van der Waals surface area contributed by atoms with E-state index in [1.807, 2.05) is 35.9 Å². The van der Waals surface area contributed by atoms with Crippen LogP contribution in [0.2, 0.25) is 0 Å². The number of carbonyl (C=O) groups is 1. The summed E-state index contributed by atoms with van der Waals surface area (Å²) in [5, 5.41) is 3.19. The molecule has 4 rings (SSSR count). The standard InChI is InChI=1S/C16H20N4O/c1-11-8-20-5-3-13(7-15(20)17-11)16(21)18-14-6-12-2-4-19(9-12)10-14/h3,5,7-8,12,14H,2,4,6,9-10H2,1H3,(H,18,21)/t12-,14-/m1/s1. The van der Waals surface area contributed by atoms with Gasteiger partial charge >= 0.3 is 0 Å². The molecule has 1 N–H and O–H groups in total. The lowest BCUT2D eigenvalue weighted by Crippen LogP contribution is -2.47. The molecule has 5 nitrogen and oxygen atoms in total. The lowest BCUT2D eigenvalue weighted by atomic mass is 9.96. The lowest BCUT2D eigenvalue weighted by molar-refractivity contribution is 0.0909. The Kier molecular flexibility index (Phi) is 2.96. The molecule has 5 heteroatoms. The number of aromatic nitrogens is 2. The summed E-state index contributed by atoms with van der Waals surface area (Å²) in [4.78, 5) is 19.3. The van der Waals surface area contributed by atoms with Crippen molar-refractivity contribution >= 4 is 11.6 Å². The van der Waals surface area contributed by atoms with Crippen molar-refractivity contribution < 1.29 is 4.79 Å². The van der Waals surface area contributed by atoms with Gasteiger partial charge in [-0.2, -0.15) is 0 Å². The predicted octanol–water partition coefficient (Wildman–Crippen LogP) is 1.47. The van der Waals surface area contributed by atoms with E-state index in [-0.39, 0.29) is 11.9 Å². The number of rotatable bonds is 2. The maximum absolute atomic E-state index is 12.4. The van der Waals surface area contributed by atoms with Crippen LogP contribution in [0.5, 0.6) is 0 Å². The molecule has 3 atom stereocenters. The maximum atomic E-state index is 12.4. The summed E-state index contributed by atoms with van der Waals surface area (Å²) in [5.74, 6) is 0.784. The molecule has 2 aromatic heterocycles. The van der Waals surface area contributed by atoms with Gasteiger partial charge in [0.05, 0.1) is 5.69 Å². The van der Waals surface area contributed by atoms with Crippen LogP contribution < -0.4 is 5.32 Å². The SMILES string of the molecule is Cc1cn2ccc(C(=O)N[C@@H]3C[C@H]4CCN(C4)C3)cc2n1. The summed E-state index contributed by atoms with van der Waals surface area (Å²) in [6, 6.07) is 4.01. The van der Waals surface area contributed by atoms with Crippen molar-refractivity contribution in [2.75, 3.05) is 19.6 Å². The first-order valence-corrected chi connectivity index (χ1v) is 7.66. The Morgan fingerprint density at radius 1 is 1.43 bits per heavy atom. The van der Waals surface area contributed by atoms with Crippen LogP contribution in [0.1, 0.15) is 28.9 Å². The molecular weight excluding hydrogens is 264 g/mol. The van der Waals surface area contributed by atoms with Gasteiger partial charge in [-0.05, 0) is 44.4 Å².